The van der Waals surface area contributed by atoms with Gasteiger partial charge in [0.05, 0.1) is 0 Å². The van der Waals surface area contributed by atoms with Crippen molar-refractivity contribution in [2.45, 2.75) is 0 Å². The maximum atomic E-state index is 8.25. The third kappa shape index (κ3) is 0.748. The van der Waals surface area contributed by atoms with Crippen LogP contribution in [0.25, 0.3) is 0 Å². The smallest absolute Gasteiger partial charge is 0.355 e. The van der Waals surface area contributed by atoms with Crippen LogP contribution >= 0.6 is 0 Å². The van der Waals surface area contributed by atoms with Crippen molar-refractivity contribution in [1.82, 2.24) is 25.8 Å². The van der Waals surface area contributed by atoms with Gasteiger partial charge in [0.1, 0.15) is 0 Å². The summed E-state index contributed by atoms with van der Waals surface area (Å²) in [4.78, 5) is 0. The second-order valence-electron chi connectivity index (χ2n) is 0.768. The van der Waals surface area contributed by atoms with Crippen LogP contribution in [0.15, 0.2) is 0 Å². The van der Waals surface area contributed by atoms with Gasteiger partial charge < -0.3 is 5.11 Å². The highest BCUT2D eigenvalue weighted by Gasteiger charge is 1.83. The van der Waals surface area contributed by atoms with E-state index in [0.717, 1.165) is 0 Å². The lowest BCUT2D eigenvalue weighted by atomic mass is 11.3. The van der Waals surface area contributed by atoms with Crippen LogP contribution in [-0.2, 0) is 0 Å². The van der Waals surface area contributed by atoms with Crippen molar-refractivity contribution in [3.63, 3.8) is 0 Å². The number of aromatic hydroxyl groups is 1. The van der Waals surface area contributed by atoms with Gasteiger partial charge >= 0.3 is 6.01 Å². The summed E-state index contributed by atoms with van der Waals surface area (Å²) in [7, 11) is 0. The molecular formula is CHN5O. The van der Waals surface area contributed by atoms with Gasteiger partial charge in [-0.3, -0.25) is 0 Å². The van der Waals surface area contributed by atoms with Crippen molar-refractivity contribution in [1.29, 1.82) is 0 Å². The molecular weight excluding hydrogens is 98.0 g/mol. The topological polar surface area (TPSA) is 84.7 Å². The van der Waals surface area contributed by atoms with E-state index in [4.69, 9.17) is 5.11 Å². The van der Waals surface area contributed by atoms with Crippen molar-refractivity contribution in [2.75, 3.05) is 0 Å². The Labute approximate surface area is 38.2 Å². The third-order valence-electron chi connectivity index (χ3n) is 0.348. The van der Waals surface area contributed by atoms with Gasteiger partial charge in [-0.25, -0.2) is 0 Å². The van der Waals surface area contributed by atoms with Crippen molar-refractivity contribution in [2.24, 2.45) is 0 Å². The molecule has 0 aliphatic rings. The summed E-state index contributed by atoms with van der Waals surface area (Å²) in [6.07, 6.45) is 0. The molecule has 0 aliphatic carbocycles. The zero-order chi connectivity index (χ0) is 5.11. The van der Waals surface area contributed by atoms with Crippen LogP contribution in [0.5, 0.6) is 6.01 Å². The Morgan fingerprint density at radius 1 is 1.00 bits per heavy atom. The Hall–Kier alpha value is -1.33. The van der Waals surface area contributed by atoms with Crippen molar-refractivity contribution in [3.8, 4) is 6.01 Å². The zero-order valence-electron chi connectivity index (χ0n) is 3.18. The Bertz CT molecular complexity index is 138. The first-order valence-corrected chi connectivity index (χ1v) is 1.47. The fourth-order valence-corrected chi connectivity index (χ4v) is 0.158. The minimum Gasteiger partial charge on any atom is -0.477 e. The molecule has 1 aromatic rings. The van der Waals surface area contributed by atoms with E-state index in [0.29, 0.717) is 0 Å². The maximum absolute atomic E-state index is 8.25. The fourth-order valence-electron chi connectivity index (χ4n) is 0.158. The molecule has 1 N–H and O–H groups in total. The molecule has 7 heavy (non-hydrogen) atoms. The highest BCUT2D eigenvalue weighted by molar-refractivity contribution is 4.72. The van der Waals surface area contributed by atoms with Gasteiger partial charge in [0, 0.05) is 0 Å². The predicted molar refractivity (Wildman–Crippen MR) is 17.1 cm³/mol. The molecule has 0 saturated heterocycles. The van der Waals surface area contributed by atoms with Crippen LogP contribution in [0.3, 0.4) is 0 Å². The number of rotatable bonds is 0. The molecule has 0 unspecified atom stereocenters. The molecule has 0 atom stereocenters. The second kappa shape index (κ2) is 1.41. The highest BCUT2D eigenvalue weighted by atomic mass is 16.3. The Balaban J connectivity index is 3.02. The molecule has 1 heterocycles. The quantitative estimate of drug-likeness (QED) is 0.420. The summed E-state index contributed by atoms with van der Waals surface area (Å²) >= 11 is 0. The van der Waals surface area contributed by atoms with Crippen LogP contribution in [0, 0.1) is 0 Å². The minimum absolute atomic E-state index is 0.463. The van der Waals surface area contributed by atoms with Crippen LogP contribution in [0.1, 0.15) is 0 Å². The van der Waals surface area contributed by atoms with Gasteiger partial charge in [-0.2, -0.15) is 0 Å². The average Bonchev–Trinajstić information content (AvgIpc) is 1.69. The summed E-state index contributed by atoms with van der Waals surface area (Å²) < 4.78 is 0. The van der Waals surface area contributed by atoms with Gasteiger partial charge in [0.2, 0.25) is 0 Å². The van der Waals surface area contributed by atoms with E-state index in [9.17, 15) is 0 Å². The standard InChI is InChI=1S/CHN5O/c7-1-2-4-6-5-3-1/h(H,2,3,6,7). The van der Waals surface area contributed by atoms with Gasteiger partial charge in [-0.1, -0.05) is 10.2 Å². The van der Waals surface area contributed by atoms with Crippen LogP contribution < -0.4 is 0 Å². The van der Waals surface area contributed by atoms with Crippen molar-refractivity contribution < 1.29 is 5.11 Å². The molecule has 0 saturated carbocycles. The van der Waals surface area contributed by atoms with Gasteiger partial charge in [-0.15, -0.1) is 0 Å². The second-order valence-corrected chi connectivity index (χ2v) is 0.768. The number of hydrogen-bond donors (Lipinski definition) is 1. The highest BCUT2D eigenvalue weighted by Crippen LogP contribution is 1.81. The molecule has 6 nitrogen and oxygen atoms in total. The Kier molecular flexibility index (Phi) is 0.777. The zero-order valence-corrected chi connectivity index (χ0v) is 3.18. The molecule has 0 radical (unpaired) electrons. The number of aromatic nitrogens is 5. The summed E-state index contributed by atoms with van der Waals surface area (Å²) in [6, 6.07) is -0.463. The van der Waals surface area contributed by atoms with E-state index in [1.807, 2.05) is 0 Å². The lowest BCUT2D eigenvalue weighted by Crippen LogP contribution is -1.92. The van der Waals surface area contributed by atoms with E-state index in [2.05, 4.69) is 25.8 Å². The SMILES string of the molecule is Oc1nnnnn1. The van der Waals surface area contributed by atoms with Crippen LogP contribution in [0.4, 0.5) is 0 Å². The summed E-state index contributed by atoms with van der Waals surface area (Å²) in [5.74, 6) is 0. The van der Waals surface area contributed by atoms with Gasteiger partial charge in [-0.05, 0) is 15.6 Å². The summed E-state index contributed by atoms with van der Waals surface area (Å²) in [5, 5.41) is 23.1. The van der Waals surface area contributed by atoms with Crippen molar-refractivity contribution in [3.05, 3.63) is 0 Å². The summed E-state index contributed by atoms with van der Waals surface area (Å²) in [5.41, 5.74) is 0. The number of hydrogen-bond acceptors (Lipinski definition) is 6. The molecule has 0 bridgehead atoms. The van der Waals surface area contributed by atoms with E-state index in [-0.39, 0.29) is 0 Å². The molecule has 0 amide bonds. The van der Waals surface area contributed by atoms with Gasteiger partial charge in [0.25, 0.3) is 0 Å². The first kappa shape index (κ1) is 3.85. The first-order valence-electron chi connectivity index (χ1n) is 1.47. The van der Waals surface area contributed by atoms with E-state index >= 15 is 0 Å². The minimum atomic E-state index is -0.463. The molecule has 1 aromatic heterocycles. The monoisotopic (exact) mass is 99.0 g/mol. The molecule has 0 spiro atoms. The Morgan fingerprint density at radius 3 is 1.86 bits per heavy atom. The van der Waals surface area contributed by atoms with E-state index in [1.165, 1.54) is 0 Å². The van der Waals surface area contributed by atoms with Crippen LogP contribution in [-0.4, -0.2) is 30.9 Å². The molecule has 1 rings (SSSR count). The molecule has 6 heteroatoms. The fraction of sp³-hybridized carbons (Fsp3) is 0. The maximum Gasteiger partial charge on any atom is 0.355 e. The Morgan fingerprint density at radius 2 is 1.57 bits per heavy atom. The molecule has 0 aromatic carbocycles. The van der Waals surface area contributed by atoms with Crippen molar-refractivity contribution >= 4 is 0 Å². The van der Waals surface area contributed by atoms with E-state index < -0.39 is 6.01 Å². The van der Waals surface area contributed by atoms with E-state index in [1.54, 1.807) is 0 Å². The normalized spacial score (nSPS) is 8.57. The predicted octanol–water partition coefficient (Wildman–Crippen LogP) is -1.63. The lowest BCUT2D eigenvalue weighted by Gasteiger charge is -1.75. The van der Waals surface area contributed by atoms with Gasteiger partial charge in [0.15, 0.2) is 0 Å². The lowest BCUT2D eigenvalue weighted by molar-refractivity contribution is 0.396. The largest absolute Gasteiger partial charge is 0.477 e. The molecule has 0 aliphatic heterocycles. The third-order valence-corrected chi connectivity index (χ3v) is 0.348. The first-order chi connectivity index (χ1) is 3.39. The number of nitrogens with zero attached hydrogens (tertiary/aromatic N) is 5. The van der Waals surface area contributed by atoms with Crippen LogP contribution in [0.2, 0.25) is 0 Å². The summed E-state index contributed by atoms with van der Waals surface area (Å²) in [6.45, 7) is 0. The molecule has 0 fully saturated rings. The average molecular weight is 99.1 g/mol. The molecule has 36 valence electrons.